The molecule has 0 amide bonds. The fourth-order valence-electron chi connectivity index (χ4n) is 1.05. The van der Waals surface area contributed by atoms with Gasteiger partial charge in [0.05, 0.1) is 0 Å². The van der Waals surface area contributed by atoms with Crippen molar-refractivity contribution in [2.75, 3.05) is 0 Å². The third kappa shape index (κ3) is 3.96. The van der Waals surface area contributed by atoms with Crippen molar-refractivity contribution >= 4 is 33.1 Å². The molecule has 0 aliphatic rings. The van der Waals surface area contributed by atoms with Crippen LogP contribution in [0.4, 0.5) is 0 Å². The molecule has 2 aromatic carbocycles. The molecule has 0 aliphatic heterocycles. The van der Waals surface area contributed by atoms with E-state index in [1.807, 2.05) is 20.4 Å². The second-order valence-electron chi connectivity index (χ2n) is 2.86. The zero-order valence-electron chi connectivity index (χ0n) is 8.00. The molecule has 15 heavy (non-hydrogen) atoms. The van der Waals surface area contributed by atoms with Crippen LogP contribution < -0.4 is 0 Å². The van der Waals surface area contributed by atoms with Gasteiger partial charge in [-0.25, -0.2) is 0 Å². The first kappa shape index (κ1) is 11.2. The van der Waals surface area contributed by atoms with E-state index in [0.29, 0.717) is 12.7 Å². The summed E-state index contributed by atoms with van der Waals surface area (Å²) in [7, 11) is 3.88. The van der Waals surface area contributed by atoms with Crippen LogP contribution in [0.5, 0.6) is 0 Å². The Morgan fingerprint density at radius 3 is 1.40 bits per heavy atom. The minimum absolute atomic E-state index is 0.517. The van der Waals surface area contributed by atoms with Gasteiger partial charge in [0.15, 0.2) is 0 Å². The Morgan fingerprint density at radius 2 is 1.00 bits per heavy atom. The molecular weight excluding hydrogens is 287 g/mol. The zero-order chi connectivity index (χ0) is 10.3. The van der Waals surface area contributed by atoms with E-state index in [9.17, 15) is 0 Å². The van der Waals surface area contributed by atoms with Crippen LogP contribution in [0.2, 0.25) is 0 Å². The van der Waals surface area contributed by atoms with Crippen LogP contribution in [0, 0.1) is 0 Å². The van der Waals surface area contributed by atoms with Gasteiger partial charge in [-0.3, -0.25) is 0 Å². The van der Waals surface area contributed by atoms with Gasteiger partial charge in [0.25, 0.3) is 0 Å². The first-order chi connectivity index (χ1) is 7.45. The molecule has 0 bridgehead atoms. The zero-order valence-corrected chi connectivity index (χ0v) is 11.3. The van der Waals surface area contributed by atoms with Gasteiger partial charge in [0, 0.05) is 0 Å². The molecule has 2 aromatic rings. The summed E-state index contributed by atoms with van der Waals surface area (Å²) in [5.74, 6) is 0. The van der Waals surface area contributed by atoms with Crippen LogP contribution in [0.3, 0.4) is 0 Å². The fraction of sp³-hybridized carbons (Fsp3) is 0. The predicted octanol–water partition coefficient (Wildman–Crippen LogP) is 4.11. The molecule has 0 spiro atoms. The SMILES string of the molecule is c1ccc(S[Se]Sc2ccccc2)cc1. The molecule has 2 rings (SSSR count). The molecule has 0 fully saturated rings. The van der Waals surface area contributed by atoms with Crippen LogP contribution in [-0.4, -0.2) is 12.7 Å². The topological polar surface area (TPSA) is 0 Å². The molecule has 3 heteroatoms. The van der Waals surface area contributed by atoms with Gasteiger partial charge in [-0.15, -0.1) is 0 Å². The number of rotatable bonds is 4. The van der Waals surface area contributed by atoms with E-state index in [-0.39, 0.29) is 0 Å². The Bertz CT molecular complexity index is 349. The molecule has 0 unspecified atom stereocenters. The second-order valence-corrected chi connectivity index (χ2v) is 9.35. The van der Waals surface area contributed by atoms with Gasteiger partial charge in [-0.05, 0) is 0 Å². The van der Waals surface area contributed by atoms with Crippen molar-refractivity contribution in [1.29, 1.82) is 0 Å². The summed E-state index contributed by atoms with van der Waals surface area (Å²) in [5, 5.41) is 0. The van der Waals surface area contributed by atoms with E-state index in [4.69, 9.17) is 0 Å². The minimum atomic E-state index is 0.517. The summed E-state index contributed by atoms with van der Waals surface area (Å²) in [6.07, 6.45) is 0. The third-order valence-corrected chi connectivity index (χ3v) is 8.21. The fourth-order valence-corrected chi connectivity index (χ4v) is 7.36. The Morgan fingerprint density at radius 1 is 0.600 bits per heavy atom. The van der Waals surface area contributed by atoms with Crippen LogP contribution in [-0.2, 0) is 0 Å². The molecule has 0 nitrogen and oxygen atoms in total. The monoisotopic (exact) mass is 298 g/mol. The summed E-state index contributed by atoms with van der Waals surface area (Å²) in [4.78, 5) is 2.72. The molecule has 0 heterocycles. The van der Waals surface area contributed by atoms with E-state index in [2.05, 4.69) is 60.7 Å². The Balaban J connectivity index is 1.81. The molecule has 0 saturated carbocycles. The quantitative estimate of drug-likeness (QED) is 0.779. The molecule has 0 N–H and O–H groups in total. The van der Waals surface area contributed by atoms with Crippen molar-refractivity contribution in [2.45, 2.75) is 9.79 Å². The van der Waals surface area contributed by atoms with Crippen LogP contribution in [0.1, 0.15) is 0 Å². The van der Waals surface area contributed by atoms with Crippen molar-refractivity contribution in [1.82, 2.24) is 0 Å². The van der Waals surface area contributed by atoms with E-state index in [1.165, 1.54) is 9.79 Å². The first-order valence-electron chi connectivity index (χ1n) is 4.56. The van der Waals surface area contributed by atoms with Crippen molar-refractivity contribution < 1.29 is 0 Å². The van der Waals surface area contributed by atoms with E-state index in [0.717, 1.165) is 0 Å². The number of hydrogen-bond acceptors (Lipinski definition) is 2. The summed E-state index contributed by atoms with van der Waals surface area (Å²) in [5.41, 5.74) is 0. The summed E-state index contributed by atoms with van der Waals surface area (Å²) < 4.78 is 0. The number of benzene rings is 2. The van der Waals surface area contributed by atoms with Crippen molar-refractivity contribution in [2.24, 2.45) is 0 Å². The van der Waals surface area contributed by atoms with Crippen LogP contribution in [0.25, 0.3) is 0 Å². The maximum absolute atomic E-state index is 2.16. The van der Waals surface area contributed by atoms with Gasteiger partial charge in [-0.2, -0.15) is 0 Å². The van der Waals surface area contributed by atoms with E-state index in [1.54, 1.807) is 0 Å². The number of hydrogen-bond donors (Lipinski definition) is 0. The average molecular weight is 297 g/mol. The van der Waals surface area contributed by atoms with Gasteiger partial charge in [-0.1, -0.05) is 0 Å². The summed E-state index contributed by atoms with van der Waals surface area (Å²) in [6.45, 7) is 0. The molecule has 0 aromatic heterocycles. The molecule has 76 valence electrons. The van der Waals surface area contributed by atoms with Gasteiger partial charge < -0.3 is 0 Å². The van der Waals surface area contributed by atoms with Crippen LogP contribution >= 0.6 is 20.4 Å². The maximum atomic E-state index is 2.16. The third-order valence-electron chi connectivity index (χ3n) is 1.75. The van der Waals surface area contributed by atoms with Crippen molar-refractivity contribution in [3.8, 4) is 0 Å². The first-order valence-corrected chi connectivity index (χ1v) is 10.2. The molecule has 0 atom stereocenters. The molecular formula is C12H10S2Se. The summed E-state index contributed by atoms with van der Waals surface area (Å²) in [6, 6.07) is 21.1. The Kier molecular flexibility index (Phi) is 4.68. The summed E-state index contributed by atoms with van der Waals surface area (Å²) >= 11 is 0.517. The normalized spacial score (nSPS) is 10.1. The standard InChI is InChI=1S/C12H10S2Se/c1-3-7-11(8-4-1)13-15-14-12-9-5-2-6-10-12/h1-10H. The van der Waals surface area contributed by atoms with Crippen molar-refractivity contribution in [3.63, 3.8) is 0 Å². The molecule has 0 radical (unpaired) electrons. The molecule has 0 saturated heterocycles. The van der Waals surface area contributed by atoms with Gasteiger partial charge >= 0.3 is 104 Å². The van der Waals surface area contributed by atoms with Crippen molar-refractivity contribution in [3.05, 3.63) is 60.7 Å². The van der Waals surface area contributed by atoms with Gasteiger partial charge in [0.2, 0.25) is 0 Å². The van der Waals surface area contributed by atoms with Gasteiger partial charge in [0.1, 0.15) is 0 Å². The van der Waals surface area contributed by atoms with E-state index < -0.39 is 0 Å². The average Bonchev–Trinajstić information content (AvgIpc) is 2.32. The van der Waals surface area contributed by atoms with E-state index >= 15 is 0 Å². The Labute approximate surface area is 103 Å². The predicted molar refractivity (Wildman–Crippen MR) is 70.4 cm³/mol. The van der Waals surface area contributed by atoms with Crippen LogP contribution in [0.15, 0.2) is 70.5 Å². The molecule has 0 aliphatic carbocycles. The Hall–Kier alpha value is -0.341. The second kappa shape index (κ2) is 6.29.